The van der Waals surface area contributed by atoms with Crippen LogP contribution in [0.25, 0.3) is 0 Å². The average Bonchev–Trinajstić information content (AvgIpc) is 2.02. The normalized spacial score (nSPS) is 40.2. The van der Waals surface area contributed by atoms with Crippen molar-refractivity contribution in [1.82, 2.24) is 0 Å². The Morgan fingerprint density at radius 2 is 1.92 bits per heavy atom. The molecule has 0 bridgehead atoms. The Balaban J connectivity index is 2.80. The predicted octanol–water partition coefficient (Wildman–Crippen LogP) is 1.39. The summed E-state index contributed by atoms with van der Waals surface area (Å²) >= 11 is 0. The zero-order chi connectivity index (χ0) is 10.1. The fourth-order valence-corrected chi connectivity index (χ4v) is 1.66. The van der Waals surface area contributed by atoms with Gasteiger partial charge >= 0.3 is 5.97 Å². The number of carboxylic acid groups (broad SMARTS) is 1. The molecule has 2 atom stereocenters. The molecule has 1 heterocycles. The molecule has 76 valence electrons. The van der Waals surface area contributed by atoms with Crippen molar-refractivity contribution < 1.29 is 19.4 Å². The highest BCUT2D eigenvalue weighted by atomic mass is 16.7. The fourth-order valence-electron chi connectivity index (χ4n) is 1.66. The standard InChI is InChI=1S/C9H16O4/c1-4-9(8(10)11)12-6(2)5-7(3)13-9/h6-7H,4-5H2,1-3H3,(H,10,11). The van der Waals surface area contributed by atoms with Crippen LogP contribution in [0.4, 0.5) is 0 Å². The van der Waals surface area contributed by atoms with Gasteiger partial charge in [0.05, 0.1) is 12.2 Å². The number of hydrogen-bond donors (Lipinski definition) is 1. The summed E-state index contributed by atoms with van der Waals surface area (Å²) in [7, 11) is 0. The molecule has 1 aliphatic heterocycles. The molecule has 1 fully saturated rings. The lowest BCUT2D eigenvalue weighted by atomic mass is 10.1. The Morgan fingerprint density at radius 1 is 1.46 bits per heavy atom. The molecule has 0 spiro atoms. The summed E-state index contributed by atoms with van der Waals surface area (Å²) in [6.45, 7) is 5.48. The Hall–Kier alpha value is -0.610. The van der Waals surface area contributed by atoms with Crippen molar-refractivity contribution in [1.29, 1.82) is 0 Å². The minimum absolute atomic E-state index is 0.0557. The first-order valence-corrected chi connectivity index (χ1v) is 4.59. The van der Waals surface area contributed by atoms with Gasteiger partial charge in [0, 0.05) is 6.42 Å². The Bertz CT molecular complexity index is 192. The fraction of sp³-hybridized carbons (Fsp3) is 0.889. The van der Waals surface area contributed by atoms with Crippen molar-refractivity contribution >= 4 is 5.97 Å². The van der Waals surface area contributed by atoms with Gasteiger partial charge in [0.1, 0.15) is 0 Å². The molecule has 4 nitrogen and oxygen atoms in total. The molecule has 1 rings (SSSR count). The molecular formula is C9H16O4. The molecule has 0 aliphatic carbocycles. The minimum Gasteiger partial charge on any atom is -0.477 e. The number of hydrogen-bond acceptors (Lipinski definition) is 3. The molecule has 0 aromatic heterocycles. The molecule has 13 heavy (non-hydrogen) atoms. The lowest BCUT2D eigenvalue weighted by Crippen LogP contribution is -2.52. The molecule has 1 aliphatic rings. The minimum atomic E-state index is -1.42. The van der Waals surface area contributed by atoms with Gasteiger partial charge < -0.3 is 14.6 Å². The number of aliphatic carboxylic acids is 1. The Labute approximate surface area is 77.8 Å². The molecule has 0 amide bonds. The van der Waals surface area contributed by atoms with Crippen LogP contribution in [0.15, 0.2) is 0 Å². The van der Waals surface area contributed by atoms with E-state index in [4.69, 9.17) is 14.6 Å². The van der Waals surface area contributed by atoms with Crippen LogP contribution >= 0.6 is 0 Å². The number of ether oxygens (including phenoxy) is 2. The smallest absolute Gasteiger partial charge is 0.364 e. The molecule has 0 aromatic carbocycles. The van der Waals surface area contributed by atoms with Gasteiger partial charge in [0.15, 0.2) is 0 Å². The molecule has 2 unspecified atom stereocenters. The van der Waals surface area contributed by atoms with E-state index in [1.54, 1.807) is 6.92 Å². The monoisotopic (exact) mass is 188 g/mol. The van der Waals surface area contributed by atoms with E-state index in [-0.39, 0.29) is 12.2 Å². The van der Waals surface area contributed by atoms with Crippen LogP contribution in [-0.2, 0) is 14.3 Å². The second kappa shape index (κ2) is 3.64. The molecule has 0 saturated carbocycles. The summed E-state index contributed by atoms with van der Waals surface area (Å²) in [4.78, 5) is 10.9. The largest absolute Gasteiger partial charge is 0.477 e. The van der Waals surface area contributed by atoms with Crippen LogP contribution in [0, 0.1) is 0 Å². The highest BCUT2D eigenvalue weighted by Gasteiger charge is 2.45. The van der Waals surface area contributed by atoms with E-state index in [9.17, 15) is 4.79 Å². The summed E-state index contributed by atoms with van der Waals surface area (Å²) in [6, 6.07) is 0. The van der Waals surface area contributed by atoms with Gasteiger partial charge in [-0.1, -0.05) is 6.92 Å². The van der Waals surface area contributed by atoms with Gasteiger partial charge in [0.25, 0.3) is 5.79 Å². The topological polar surface area (TPSA) is 55.8 Å². The van der Waals surface area contributed by atoms with Crippen LogP contribution < -0.4 is 0 Å². The molecular weight excluding hydrogens is 172 g/mol. The van der Waals surface area contributed by atoms with Gasteiger partial charge in [-0.05, 0) is 20.3 Å². The van der Waals surface area contributed by atoms with E-state index in [0.717, 1.165) is 6.42 Å². The zero-order valence-electron chi connectivity index (χ0n) is 8.24. The Morgan fingerprint density at radius 3 is 2.23 bits per heavy atom. The summed E-state index contributed by atoms with van der Waals surface area (Å²) < 4.78 is 10.7. The third kappa shape index (κ3) is 2.00. The van der Waals surface area contributed by atoms with Crippen LogP contribution in [0.1, 0.15) is 33.6 Å². The van der Waals surface area contributed by atoms with Crippen LogP contribution in [0.5, 0.6) is 0 Å². The average molecular weight is 188 g/mol. The number of rotatable bonds is 2. The molecule has 0 aromatic rings. The van der Waals surface area contributed by atoms with Gasteiger partial charge in [-0.15, -0.1) is 0 Å². The summed E-state index contributed by atoms with van der Waals surface area (Å²) in [5.41, 5.74) is 0. The van der Waals surface area contributed by atoms with Crippen LogP contribution in [0.3, 0.4) is 0 Å². The number of carbonyl (C=O) groups is 1. The van der Waals surface area contributed by atoms with E-state index in [1.165, 1.54) is 0 Å². The highest BCUT2D eigenvalue weighted by Crippen LogP contribution is 2.29. The predicted molar refractivity (Wildman–Crippen MR) is 46.4 cm³/mol. The van der Waals surface area contributed by atoms with E-state index in [0.29, 0.717) is 6.42 Å². The molecule has 1 N–H and O–H groups in total. The molecule has 4 heteroatoms. The summed E-state index contributed by atoms with van der Waals surface area (Å²) in [5, 5.41) is 8.97. The van der Waals surface area contributed by atoms with Crippen molar-refractivity contribution in [2.24, 2.45) is 0 Å². The second-order valence-electron chi connectivity index (χ2n) is 3.50. The molecule has 1 saturated heterocycles. The lowest BCUT2D eigenvalue weighted by Gasteiger charge is -2.39. The summed E-state index contributed by atoms with van der Waals surface area (Å²) in [5.74, 6) is -2.45. The van der Waals surface area contributed by atoms with Crippen molar-refractivity contribution in [3.8, 4) is 0 Å². The second-order valence-corrected chi connectivity index (χ2v) is 3.50. The van der Waals surface area contributed by atoms with Gasteiger partial charge in [0.2, 0.25) is 0 Å². The van der Waals surface area contributed by atoms with Crippen LogP contribution in [-0.4, -0.2) is 29.1 Å². The third-order valence-electron chi connectivity index (χ3n) is 2.24. The Kier molecular flexibility index (Phi) is 2.93. The maximum Gasteiger partial charge on any atom is 0.364 e. The SMILES string of the molecule is CCC1(C(=O)O)OC(C)CC(C)O1. The van der Waals surface area contributed by atoms with Crippen molar-refractivity contribution in [3.63, 3.8) is 0 Å². The zero-order valence-corrected chi connectivity index (χ0v) is 8.24. The maximum atomic E-state index is 10.9. The lowest BCUT2D eigenvalue weighted by molar-refractivity contribution is -0.304. The van der Waals surface area contributed by atoms with Gasteiger partial charge in [-0.2, -0.15) is 0 Å². The van der Waals surface area contributed by atoms with Crippen LogP contribution in [0.2, 0.25) is 0 Å². The van der Waals surface area contributed by atoms with E-state index in [1.807, 2.05) is 13.8 Å². The number of carboxylic acids is 1. The van der Waals surface area contributed by atoms with Crippen molar-refractivity contribution in [2.75, 3.05) is 0 Å². The van der Waals surface area contributed by atoms with Crippen molar-refractivity contribution in [3.05, 3.63) is 0 Å². The highest BCUT2D eigenvalue weighted by molar-refractivity contribution is 5.75. The van der Waals surface area contributed by atoms with Crippen molar-refractivity contribution in [2.45, 2.75) is 51.6 Å². The summed E-state index contributed by atoms with van der Waals surface area (Å²) in [6.07, 6.45) is 0.964. The van der Waals surface area contributed by atoms with Gasteiger partial charge in [-0.3, -0.25) is 0 Å². The quantitative estimate of drug-likeness (QED) is 0.711. The first kappa shape index (κ1) is 10.5. The molecule has 0 radical (unpaired) electrons. The van der Waals surface area contributed by atoms with Gasteiger partial charge in [-0.25, -0.2) is 4.79 Å². The third-order valence-corrected chi connectivity index (χ3v) is 2.24. The first-order chi connectivity index (χ1) is 6.00. The maximum absolute atomic E-state index is 10.9. The first-order valence-electron chi connectivity index (χ1n) is 4.59. The van der Waals surface area contributed by atoms with E-state index >= 15 is 0 Å². The van der Waals surface area contributed by atoms with E-state index in [2.05, 4.69) is 0 Å². The van der Waals surface area contributed by atoms with E-state index < -0.39 is 11.8 Å².